The van der Waals surface area contributed by atoms with Crippen LogP contribution in [0.3, 0.4) is 0 Å². The molecule has 1 aliphatic heterocycles. The second kappa shape index (κ2) is 10.8. The molecule has 0 bridgehead atoms. The van der Waals surface area contributed by atoms with Gasteiger partial charge in [0.2, 0.25) is 5.91 Å². The maximum atomic E-state index is 12.6. The molecule has 0 aliphatic carbocycles. The van der Waals surface area contributed by atoms with Gasteiger partial charge in [-0.25, -0.2) is 0 Å². The molecule has 0 radical (unpaired) electrons. The van der Waals surface area contributed by atoms with E-state index in [1.807, 2.05) is 29.8 Å². The largest absolute Gasteiger partial charge is 0.351 e. The molecule has 1 aromatic heterocycles. The Morgan fingerprint density at radius 1 is 0.879 bits per heavy atom. The minimum absolute atomic E-state index is 0.0803. The van der Waals surface area contributed by atoms with Crippen molar-refractivity contribution in [2.75, 3.05) is 32.7 Å². The molecule has 0 atom stereocenters. The van der Waals surface area contributed by atoms with Gasteiger partial charge in [0.05, 0.1) is 18.8 Å². The number of carbonyl (C=O) groups is 1. The van der Waals surface area contributed by atoms with Crippen LogP contribution in [0.5, 0.6) is 0 Å². The number of amides is 1. The first-order valence-electron chi connectivity index (χ1n) is 11.8. The van der Waals surface area contributed by atoms with Crippen LogP contribution in [0, 0.1) is 20.8 Å². The summed E-state index contributed by atoms with van der Waals surface area (Å²) in [5, 5.41) is 7.81. The Kier molecular flexibility index (Phi) is 7.57. The third-order valence-corrected chi connectivity index (χ3v) is 6.49. The van der Waals surface area contributed by atoms with Crippen LogP contribution < -0.4 is 5.32 Å². The zero-order valence-corrected chi connectivity index (χ0v) is 20.1. The molecule has 6 heteroatoms. The summed E-state index contributed by atoms with van der Waals surface area (Å²) in [5.74, 6) is 0.0803. The van der Waals surface area contributed by atoms with Crippen molar-refractivity contribution >= 4 is 5.91 Å². The number of nitrogens with zero attached hydrogens (tertiary/aromatic N) is 4. The number of hydrogen-bond acceptors (Lipinski definition) is 4. The van der Waals surface area contributed by atoms with Crippen molar-refractivity contribution in [1.29, 1.82) is 0 Å². The molecule has 0 unspecified atom stereocenters. The highest BCUT2D eigenvalue weighted by atomic mass is 16.2. The van der Waals surface area contributed by atoms with E-state index in [2.05, 4.69) is 65.4 Å². The first kappa shape index (κ1) is 23.2. The molecule has 1 saturated heterocycles. The van der Waals surface area contributed by atoms with E-state index in [9.17, 15) is 4.79 Å². The van der Waals surface area contributed by atoms with Gasteiger partial charge in [-0.1, -0.05) is 60.2 Å². The molecule has 174 valence electrons. The molecule has 4 rings (SSSR count). The Morgan fingerprint density at radius 3 is 2.30 bits per heavy atom. The summed E-state index contributed by atoms with van der Waals surface area (Å²) in [5.41, 5.74) is 7.09. The van der Waals surface area contributed by atoms with Gasteiger partial charge >= 0.3 is 0 Å². The fraction of sp³-hybridized carbons (Fsp3) is 0.407. The van der Waals surface area contributed by atoms with Gasteiger partial charge in [0.15, 0.2) is 0 Å². The number of piperazine rings is 1. The molecule has 2 heterocycles. The molecule has 2 aromatic carbocycles. The standard InChI is InChI=1S/C27H35N5O/c1-21-8-7-11-25(16-21)18-30-12-14-31(15-13-30)20-27(33)28-17-26-22(2)29-32(23(26)3)19-24-9-5-4-6-10-24/h4-11,16H,12-15,17-20H2,1-3H3,(H,28,33). The van der Waals surface area contributed by atoms with Crippen LogP contribution in [0.2, 0.25) is 0 Å². The van der Waals surface area contributed by atoms with E-state index in [1.54, 1.807) is 0 Å². The average molecular weight is 446 g/mol. The lowest BCUT2D eigenvalue weighted by atomic mass is 10.1. The van der Waals surface area contributed by atoms with Crippen LogP contribution in [0.4, 0.5) is 0 Å². The number of hydrogen-bond donors (Lipinski definition) is 1. The van der Waals surface area contributed by atoms with E-state index in [0.717, 1.165) is 56.2 Å². The summed E-state index contributed by atoms with van der Waals surface area (Å²) in [6.07, 6.45) is 0. The van der Waals surface area contributed by atoms with Crippen LogP contribution in [-0.2, 0) is 24.4 Å². The number of carbonyl (C=O) groups excluding carboxylic acids is 1. The number of rotatable bonds is 8. The van der Waals surface area contributed by atoms with E-state index < -0.39 is 0 Å². The summed E-state index contributed by atoms with van der Waals surface area (Å²) in [6, 6.07) is 19.0. The average Bonchev–Trinajstić information content (AvgIpc) is 3.06. The third kappa shape index (κ3) is 6.30. The summed E-state index contributed by atoms with van der Waals surface area (Å²) in [6.45, 7) is 12.8. The number of nitrogens with one attached hydrogen (secondary N) is 1. The molecule has 6 nitrogen and oxygen atoms in total. The Bertz CT molecular complexity index is 1070. The van der Waals surface area contributed by atoms with Crippen LogP contribution in [-0.4, -0.2) is 58.2 Å². The third-order valence-electron chi connectivity index (χ3n) is 6.49. The molecule has 0 saturated carbocycles. The van der Waals surface area contributed by atoms with E-state index in [1.165, 1.54) is 16.7 Å². The fourth-order valence-electron chi connectivity index (χ4n) is 4.52. The zero-order valence-electron chi connectivity index (χ0n) is 20.1. The topological polar surface area (TPSA) is 53.4 Å². The molecule has 0 spiro atoms. The van der Waals surface area contributed by atoms with Gasteiger partial charge < -0.3 is 5.32 Å². The van der Waals surface area contributed by atoms with Crippen molar-refractivity contribution in [3.8, 4) is 0 Å². The Labute approximate surface area is 197 Å². The molecule has 33 heavy (non-hydrogen) atoms. The molecule has 1 amide bonds. The fourth-order valence-corrected chi connectivity index (χ4v) is 4.52. The predicted octanol–water partition coefficient (Wildman–Crippen LogP) is 3.29. The summed E-state index contributed by atoms with van der Waals surface area (Å²) < 4.78 is 2.03. The first-order chi connectivity index (χ1) is 16.0. The van der Waals surface area contributed by atoms with Crippen molar-refractivity contribution in [2.24, 2.45) is 0 Å². The second-order valence-electron chi connectivity index (χ2n) is 9.11. The Morgan fingerprint density at radius 2 is 1.58 bits per heavy atom. The van der Waals surface area contributed by atoms with E-state index in [0.29, 0.717) is 13.1 Å². The lowest BCUT2D eigenvalue weighted by molar-refractivity contribution is -0.122. The quantitative estimate of drug-likeness (QED) is 0.578. The lowest BCUT2D eigenvalue weighted by Gasteiger charge is -2.34. The van der Waals surface area contributed by atoms with Gasteiger partial charge in [-0.3, -0.25) is 19.3 Å². The van der Waals surface area contributed by atoms with Crippen LogP contribution in [0.15, 0.2) is 54.6 Å². The van der Waals surface area contributed by atoms with Gasteiger partial charge in [-0.05, 0) is 31.9 Å². The SMILES string of the molecule is Cc1cccc(CN2CCN(CC(=O)NCc3c(C)nn(Cc4ccccc4)c3C)CC2)c1. The zero-order chi connectivity index (χ0) is 23.2. The first-order valence-corrected chi connectivity index (χ1v) is 11.8. The van der Waals surface area contributed by atoms with Crippen LogP contribution in [0.1, 0.15) is 33.6 Å². The van der Waals surface area contributed by atoms with Crippen molar-refractivity contribution in [3.63, 3.8) is 0 Å². The number of aryl methyl sites for hydroxylation is 2. The summed E-state index contributed by atoms with van der Waals surface area (Å²) in [4.78, 5) is 17.3. The highest BCUT2D eigenvalue weighted by Crippen LogP contribution is 2.15. The molecule has 1 N–H and O–H groups in total. The second-order valence-corrected chi connectivity index (χ2v) is 9.11. The molecular formula is C27H35N5O. The van der Waals surface area contributed by atoms with E-state index in [-0.39, 0.29) is 5.91 Å². The Hall–Kier alpha value is -2.96. The Balaban J connectivity index is 1.23. The monoisotopic (exact) mass is 445 g/mol. The number of aromatic nitrogens is 2. The van der Waals surface area contributed by atoms with Crippen molar-refractivity contribution in [2.45, 2.75) is 40.4 Å². The predicted molar refractivity (Wildman–Crippen MR) is 132 cm³/mol. The minimum atomic E-state index is 0.0803. The summed E-state index contributed by atoms with van der Waals surface area (Å²) in [7, 11) is 0. The van der Waals surface area contributed by atoms with Gasteiger partial charge in [0.1, 0.15) is 0 Å². The maximum absolute atomic E-state index is 12.6. The van der Waals surface area contributed by atoms with Gasteiger partial charge in [-0.2, -0.15) is 5.10 Å². The van der Waals surface area contributed by atoms with Gasteiger partial charge in [0.25, 0.3) is 0 Å². The minimum Gasteiger partial charge on any atom is -0.351 e. The van der Waals surface area contributed by atoms with Gasteiger partial charge in [0, 0.05) is 50.5 Å². The number of benzene rings is 2. The van der Waals surface area contributed by atoms with Gasteiger partial charge in [-0.15, -0.1) is 0 Å². The highest BCUT2D eigenvalue weighted by molar-refractivity contribution is 5.78. The summed E-state index contributed by atoms with van der Waals surface area (Å²) >= 11 is 0. The van der Waals surface area contributed by atoms with Crippen molar-refractivity contribution < 1.29 is 4.79 Å². The molecule has 3 aromatic rings. The molecule has 1 aliphatic rings. The highest BCUT2D eigenvalue weighted by Gasteiger charge is 2.20. The molecular weight excluding hydrogens is 410 g/mol. The van der Waals surface area contributed by atoms with Crippen LogP contribution >= 0.6 is 0 Å². The maximum Gasteiger partial charge on any atom is 0.234 e. The smallest absolute Gasteiger partial charge is 0.234 e. The lowest BCUT2D eigenvalue weighted by Crippen LogP contribution is -2.49. The van der Waals surface area contributed by atoms with Crippen LogP contribution in [0.25, 0.3) is 0 Å². The van der Waals surface area contributed by atoms with Crippen molar-refractivity contribution in [1.82, 2.24) is 24.9 Å². The van der Waals surface area contributed by atoms with E-state index in [4.69, 9.17) is 5.10 Å². The van der Waals surface area contributed by atoms with E-state index >= 15 is 0 Å². The van der Waals surface area contributed by atoms with Crippen molar-refractivity contribution in [3.05, 3.63) is 88.2 Å². The normalized spacial score (nSPS) is 15.0. The molecule has 1 fully saturated rings.